The number of nitrogens with one attached hydrogen (secondary N) is 2. The van der Waals surface area contributed by atoms with Crippen LogP contribution in [0.3, 0.4) is 0 Å². The van der Waals surface area contributed by atoms with Crippen molar-refractivity contribution in [3.63, 3.8) is 0 Å². The highest BCUT2D eigenvalue weighted by Crippen LogP contribution is 2.31. The van der Waals surface area contributed by atoms with E-state index in [0.717, 1.165) is 161 Å². The van der Waals surface area contributed by atoms with Crippen LogP contribution in [0.2, 0.25) is 0 Å². The molecule has 82 heavy (non-hydrogen) atoms. The molecule has 8 heterocycles. The van der Waals surface area contributed by atoms with Crippen LogP contribution in [0, 0.1) is 11.8 Å². The maximum Gasteiger partial charge on any atom is 0.245 e. The van der Waals surface area contributed by atoms with Gasteiger partial charge in [0.25, 0.3) is 0 Å². The predicted molar refractivity (Wildman–Crippen MR) is 321 cm³/mol. The average Bonchev–Trinajstić information content (AvgIpc) is 4.29. The summed E-state index contributed by atoms with van der Waals surface area (Å²) in [7, 11) is -2.30. The summed E-state index contributed by atoms with van der Waals surface area (Å²) in [5.41, 5.74) is 9.05. The Hall–Kier alpha value is -7.92. The van der Waals surface area contributed by atoms with Crippen LogP contribution in [-0.4, -0.2) is 183 Å². The van der Waals surface area contributed by atoms with Gasteiger partial charge in [0.1, 0.15) is 0 Å². The van der Waals surface area contributed by atoms with Crippen molar-refractivity contribution in [2.24, 2.45) is 11.8 Å². The number of carbonyl (C=O) groups is 2. The lowest BCUT2D eigenvalue weighted by molar-refractivity contribution is -0.138. The quantitative estimate of drug-likeness (QED) is 0.126. The maximum atomic E-state index is 13.2. The van der Waals surface area contributed by atoms with Crippen LogP contribution >= 0.6 is 0 Å². The molecule has 0 spiro atoms. The third-order valence-corrected chi connectivity index (χ3v) is 18.4. The Labute approximate surface area is 479 Å². The van der Waals surface area contributed by atoms with Gasteiger partial charge in [-0.1, -0.05) is 24.3 Å². The second-order valence-corrected chi connectivity index (χ2v) is 26.0. The zero-order valence-electron chi connectivity index (χ0n) is 46.8. The van der Waals surface area contributed by atoms with Crippen LogP contribution < -0.4 is 20.4 Å². The average molecular weight is 1150 g/mol. The predicted octanol–water partition coefficient (Wildman–Crippen LogP) is 7.07. The molecule has 0 aliphatic carbocycles. The van der Waals surface area contributed by atoms with E-state index < -0.39 is 19.7 Å². The third kappa shape index (κ3) is 12.9. The van der Waals surface area contributed by atoms with E-state index in [4.69, 9.17) is 0 Å². The molecule has 20 nitrogen and oxygen atoms in total. The Morgan fingerprint density at radius 1 is 0.463 bits per heavy atom. The molecule has 8 aromatic rings. The van der Waals surface area contributed by atoms with Gasteiger partial charge in [0.2, 0.25) is 23.7 Å². The van der Waals surface area contributed by atoms with E-state index in [0.29, 0.717) is 23.7 Å². The highest BCUT2D eigenvalue weighted by Gasteiger charge is 2.32. The number of carbonyl (C=O) groups excluding carboxylic acids is 2. The first kappa shape index (κ1) is 56.0. The molecule has 1 unspecified atom stereocenters. The van der Waals surface area contributed by atoms with Crippen molar-refractivity contribution in [3.05, 3.63) is 134 Å². The minimum Gasteiger partial charge on any atom is -0.371 e. The number of rotatable bonds is 12. The van der Waals surface area contributed by atoms with Crippen molar-refractivity contribution in [1.82, 2.24) is 48.8 Å². The molecular weight excluding hydrogens is 1080 g/mol. The fourth-order valence-electron chi connectivity index (χ4n) is 11.2. The van der Waals surface area contributed by atoms with Crippen molar-refractivity contribution >= 4 is 77.2 Å². The smallest absolute Gasteiger partial charge is 0.245 e. The zero-order chi connectivity index (χ0) is 57.1. The number of aromatic nitrogens is 6. The first-order valence-corrected chi connectivity index (χ1v) is 31.8. The molecule has 428 valence electrons. The molecule has 0 saturated carbocycles. The molecule has 4 saturated heterocycles. The summed E-state index contributed by atoms with van der Waals surface area (Å²) in [5, 5.41) is 16.0. The lowest BCUT2D eigenvalue weighted by atomic mass is 9.94. The minimum absolute atomic E-state index is 0.0448. The van der Waals surface area contributed by atoms with Gasteiger partial charge in [0.05, 0.1) is 50.5 Å². The first-order chi connectivity index (χ1) is 39.5. The van der Waals surface area contributed by atoms with Crippen LogP contribution in [0.1, 0.15) is 25.7 Å². The van der Waals surface area contributed by atoms with Crippen molar-refractivity contribution in [1.29, 1.82) is 0 Å². The molecule has 4 aromatic heterocycles. The van der Waals surface area contributed by atoms with Crippen LogP contribution in [0.5, 0.6) is 0 Å². The summed E-state index contributed by atoms with van der Waals surface area (Å²) in [5.74, 6) is 1.70. The summed E-state index contributed by atoms with van der Waals surface area (Å²) in [6.45, 7) is 10.6. The largest absolute Gasteiger partial charge is 0.371 e. The SMILES string of the molecule is CN1CCN(C(=O)C2CCCN(c3ccc(Nc4ncc5ccc(-c6ccc(S(C)(=O)=O)cc6)n5n4)cc3)C2)CC1.CN1CCN(C(=O)C2CCN(c3ccc(Nc4ncc5ccc(-c6ccc(S(C)(=O)=O)cc6)n5n4)cc3)CC2)CC1. The lowest BCUT2D eigenvalue weighted by Crippen LogP contribution is -2.51. The molecule has 1 atom stereocenters. The monoisotopic (exact) mass is 1150 g/mol. The van der Waals surface area contributed by atoms with E-state index in [2.05, 4.69) is 88.8 Å². The standard InChI is InChI=1S/2C30H35N7O3S/c1-34-17-19-36(20-18-34)29(38)23-13-15-35(16-14-23)25-7-5-24(6-8-25)32-30-31-21-26-9-12-28(37(26)33-30)22-3-10-27(11-4-22)41(2,39)40;1-34-16-18-35(19-17-34)29(38)23-4-3-15-36(21-23)25-9-7-24(8-10-25)32-30-31-20-26-11-14-28(37(26)33-30)22-5-12-27(13-6-22)41(2,39)40/h3-12,21,23H,13-20H2,1-2H3,(H,32,33);5-14,20,23H,3-4,15-19,21H2,1-2H3,(H,32,33). The lowest BCUT2D eigenvalue weighted by Gasteiger charge is -2.38. The molecule has 2 N–H and O–H groups in total. The summed E-state index contributed by atoms with van der Waals surface area (Å²) >= 11 is 0. The van der Waals surface area contributed by atoms with Gasteiger partial charge in [-0.15, -0.1) is 10.2 Å². The number of piperazine rings is 2. The second-order valence-electron chi connectivity index (χ2n) is 22.0. The number of hydrogen-bond donors (Lipinski definition) is 2. The number of likely N-dealkylation sites (N-methyl/N-ethyl adjacent to an activating group) is 2. The number of hydrogen-bond acceptors (Lipinski definition) is 16. The molecule has 4 fully saturated rings. The van der Waals surface area contributed by atoms with Crippen LogP contribution in [0.25, 0.3) is 33.5 Å². The van der Waals surface area contributed by atoms with Gasteiger partial charge in [-0.2, -0.15) is 0 Å². The van der Waals surface area contributed by atoms with Gasteiger partial charge in [-0.25, -0.2) is 35.8 Å². The van der Waals surface area contributed by atoms with E-state index in [1.807, 2.05) is 58.3 Å². The van der Waals surface area contributed by atoms with E-state index in [1.165, 1.54) is 12.5 Å². The molecule has 0 radical (unpaired) electrons. The van der Waals surface area contributed by atoms with Gasteiger partial charge in [0.15, 0.2) is 19.7 Å². The Balaban J connectivity index is 0.000000172. The highest BCUT2D eigenvalue weighted by molar-refractivity contribution is 7.91. The second kappa shape index (κ2) is 23.9. The van der Waals surface area contributed by atoms with Crippen molar-refractivity contribution in [2.45, 2.75) is 35.5 Å². The Bertz CT molecular complexity index is 3780. The minimum atomic E-state index is -3.26. The topological polar surface area (TPSA) is 206 Å². The van der Waals surface area contributed by atoms with Gasteiger partial charge >= 0.3 is 0 Å². The molecule has 4 aliphatic heterocycles. The normalized spacial score (nSPS) is 17.9. The summed E-state index contributed by atoms with van der Waals surface area (Å²) in [4.78, 5) is 48.9. The number of piperidine rings is 2. The molecule has 4 aromatic carbocycles. The number of sulfone groups is 2. The zero-order valence-corrected chi connectivity index (χ0v) is 48.4. The van der Waals surface area contributed by atoms with Gasteiger partial charge < -0.3 is 40.0 Å². The van der Waals surface area contributed by atoms with Gasteiger partial charge in [-0.05, 0) is 137 Å². The Morgan fingerprint density at radius 2 is 0.878 bits per heavy atom. The number of nitrogens with zero attached hydrogens (tertiary/aromatic N) is 12. The van der Waals surface area contributed by atoms with Crippen LogP contribution in [0.4, 0.5) is 34.6 Å². The number of anilines is 6. The molecule has 12 rings (SSSR count). The molecule has 4 aliphatic rings. The molecule has 22 heteroatoms. The van der Waals surface area contributed by atoms with Crippen LogP contribution in [0.15, 0.2) is 144 Å². The highest BCUT2D eigenvalue weighted by atomic mass is 32.2. The van der Waals surface area contributed by atoms with Crippen molar-refractivity contribution in [3.8, 4) is 22.5 Å². The summed E-state index contributed by atoms with van der Waals surface area (Å²) in [6, 6.07) is 37.7. The van der Waals surface area contributed by atoms with Crippen LogP contribution in [-0.2, 0) is 29.3 Å². The number of amides is 2. The Kier molecular flexibility index (Phi) is 16.3. The van der Waals surface area contributed by atoms with Crippen molar-refractivity contribution < 1.29 is 26.4 Å². The molecule has 2 amide bonds. The van der Waals surface area contributed by atoms with Crippen molar-refractivity contribution in [2.75, 3.05) is 126 Å². The number of benzene rings is 4. The van der Waals surface area contributed by atoms with E-state index in [-0.39, 0.29) is 21.6 Å². The third-order valence-electron chi connectivity index (χ3n) is 16.2. The maximum absolute atomic E-state index is 13.2. The first-order valence-electron chi connectivity index (χ1n) is 28.0. The molecular formula is C60H70N14O6S2. The fraction of sp³-hybridized carbons (Fsp3) is 0.367. The molecule has 0 bridgehead atoms. The van der Waals surface area contributed by atoms with E-state index in [9.17, 15) is 26.4 Å². The summed E-state index contributed by atoms with van der Waals surface area (Å²) in [6.07, 6.45) is 9.64. The summed E-state index contributed by atoms with van der Waals surface area (Å²) < 4.78 is 50.9. The number of fused-ring (bicyclic) bond motifs is 2. The van der Waals surface area contributed by atoms with E-state index in [1.54, 1.807) is 70.0 Å². The Morgan fingerprint density at radius 3 is 1.30 bits per heavy atom. The fourth-order valence-corrected chi connectivity index (χ4v) is 12.5. The van der Waals surface area contributed by atoms with E-state index >= 15 is 0 Å². The van der Waals surface area contributed by atoms with Gasteiger partial charge in [0, 0.05) is 131 Å². The van der Waals surface area contributed by atoms with Gasteiger partial charge in [-0.3, -0.25) is 9.59 Å².